The average Bonchev–Trinajstić information content (AvgIpc) is 3.23. The van der Waals surface area contributed by atoms with Crippen LogP contribution in [0, 0.1) is 5.82 Å². The highest BCUT2D eigenvalue weighted by Gasteiger charge is 2.32. The van der Waals surface area contributed by atoms with Gasteiger partial charge in [0.25, 0.3) is 0 Å². The molecule has 0 aliphatic carbocycles. The van der Waals surface area contributed by atoms with Crippen molar-refractivity contribution < 1.29 is 32.8 Å². The molecule has 8 nitrogen and oxygen atoms in total. The highest BCUT2D eigenvalue weighted by Crippen LogP contribution is 2.29. The number of hydrogen-bond donors (Lipinski definition) is 1. The van der Waals surface area contributed by atoms with Crippen LogP contribution in [0.2, 0.25) is 0 Å². The van der Waals surface area contributed by atoms with E-state index < -0.39 is 18.0 Å². The van der Waals surface area contributed by atoms with Gasteiger partial charge in [0.15, 0.2) is 18.9 Å². The first-order valence-electron chi connectivity index (χ1n) is 11.1. The number of carbonyl (C=O) groups excluding carboxylic acids is 2. The molecule has 1 saturated heterocycles. The maximum absolute atomic E-state index is 15.0. The Morgan fingerprint density at radius 1 is 1.11 bits per heavy atom. The lowest BCUT2D eigenvalue weighted by Crippen LogP contribution is -2.33. The summed E-state index contributed by atoms with van der Waals surface area (Å²) in [6.45, 7) is 2.43. The first-order valence-corrected chi connectivity index (χ1v) is 11.1. The van der Waals surface area contributed by atoms with Crippen molar-refractivity contribution in [1.29, 1.82) is 0 Å². The summed E-state index contributed by atoms with van der Waals surface area (Å²) in [5, 5.41) is 2.62. The second kappa shape index (κ2) is 10.4. The van der Waals surface area contributed by atoms with E-state index in [9.17, 15) is 9.59 Å². The van der Waals surface area contributed by atoms with Gasteiger partial charge in [-0.25, -0.2) is 13.8 Å². The second-order valence-electron chi connectivity index (χ2n) is 8.20. The SMILES string of the molecule is COc1cc(C[n+]2ccc(-c3ccc(N4C[C@H](CNC(C)=O)OC4=O)cc3F)cc2)cc(OC)c1. The number of ether oxygens (including phenoxy) is 3. The summed E-state index contributed by atoms with van der Waals surface area (Å²) in [6, 6.07) is 14.0. The third kappa shape index (κ3) is 5.68. The van der Waals surface area contributed by atoms with Gasteiger partial charge in [0.05, 0.1) is 33.0 Å². The quantitative estimate of drug-likeness (QED) is 0.501. The lowest BCUT2D eigenvalue weighted by Gasteiger charge is -2.14. The molecule has 182 valence electrons. The van der Waals surface area contributed by atoms with E-state index in [1.807, 2.05) is 47.3 Å². The summed E-state index contributed by atoms with van der Waals surface area (Å²) in [5.41, 5.74) is 2.54. The number of anilines is 1. The van der Waals surface area contributed by atoms with Crippen molar-refractivity contribution in [3.8, 4) is 22.6 Å². The molecule has 0 bridgehead atoms. The number of hydrogen-bond acceptors (Lipinski definition) is 5. The van der Waals surface area contributed by atoms with E-state index >= 15 is 4.39 Å². The number of rotatable bonds is 8. The van der Waals surface area contributed by atoms with E-state index in [4.69, 9.17) is 14.2 Å². The summed E-state index contributed by atoms with van der Waals surface area (Å²) in [6.07, 6.45) is 2.70. The minimum Gasteiger partial charge on any atom is -0.497 e. The van der Waals surface area contributed by atoms with E-state index in [1.165, 1.54) is 17.9 Å². The first-order chi connectivity index (χ1) is 16.9. The molecule has 1 aliphatic heterocycles. The van der Waals surface area contributed by atoms with Crippen molar-refractivity contribution in [2.45, 2.75) is 19.6 Å². The highest BCUT2D eigenvalue weighted by molar-refractivity contribution is 5.90. The Bertz CT molecular complexity index is 1210. The number of benzene rings is 2. The first kappa shape index (κ1) is 24.0. The molecule has 2 amide bonds. The predicted octanol–water partition coefficient (Wildman–Crippen LogP) is 3.31. The van der Waals surface area contributed by atoms with Crippen LogP contribution in [-0.2, 0) is 16.1 Å². The van der Waals surface area contributed by atoms with Gasteiger partial charge >= 0.3 is 6.09 Å². The molecule has 0 unspecified atom stereocenters. The molecule has 1 N–H and O–H groups in total. The molecule has 2 heterocycles. The van der Waals surface area contributed by atoms with E-state index in [1.54, 1.807) is 26.4 Å². The standard InChI is InChI=1S/C26H26FN3O5/c1-17(31)28-14-23-16-30(26(32)35-23)20-4-5-24(25(27)12-20)19-6-8-29(9-7-19)15-18-10-21(33-2)13-22(11-18)34-3/h4-13,23H,14-16H2,1-3H3/p+1/t23-/m0/s1. The largest absolute Gasteiger partial charge is 0.497 e. The second-order valence-corrected chi connectivity index (χ2v) is 8.20. The topological polar surface area (TPSA) is 81.0 Å². The third-order valence-corrected chi connectivity index (χ3v) is 5.70. The van der Waals surface area contributed by atoms with Crippen LogP contribution in [0.1, 0.15) is 12.5 Å². The smallest absolute Gasteiger partial charge is 0.414 e. The van der Waals surface area contributed by atoms with Crippen molar-refractivity contribution in [3.63, 3.8) is 0 Å². The molecular weight excluding hydrogens is 453 g/mol. The van der Waals surface area contributed by atoms with Gasteiger partial charge in [0, 0.05) is 36.2 Å². The van der Waals surface area contributed by atoms with Crippen LogP contribution < -0.4 is 24.3 Å². The summed E-state index contributed by atoms with van der Waals surface area (Å²) in [4.78, 5) is 24.7. The molecule has 0 radical (unpaired) electrons. The summed E-state index contributed by atoms with van der Waals surface area (Å²) < 4.78 is 32.9. The Kier molecular flexibility index (Phi) is 7.14. The Labute approximate surface area is 202 Å². The van der Waals surface area contributed by atoms with Gasteiger partial charge in [-0.15, -0.1) is 0 Å². The Morgan fingerprint density at radius 3 is 2.40 bits per heavy atom. The molecular formula is C26H27FN3O5+. The van der Waals surface area contributed by atoms with E-state index in [2.05, 4.69) is 5.32 Å². The molecule has 1 fully saturated rings. The summed E-state index contributed by atoms with van der Waals surface area (Å²) in [5.74, 6) is 0.766. The van der Waals surface area contributed by atoms with Gasteiger partial charge in [-0.1, -0.05) is 0 Å². The lowest BCUT2D eigenvalue weighted by atomic mass is 10.1. The number of halogens is 1. The number of aromatic nitrogens is 1. The van der Waals surface area contributed by atoms with Crippen LogP contribution in [0.5, 0.6) is 11.5 Å². The normalized spacial score (nSPS) is 15.0. The van der Waals surface area contributed by atoms with Crippen molar-refractivity contribution in [3.05, 3.63) is 72.3 Å². The number of amides is 2. The van der Waals surface area contributed by atoms with Crippen LogP contribution >= 0.6 is 0 Å². The molecule has 1 aliphatic rings. The number of nitrogens with one attached hydrogen (secondary N) is 1. The number of methoxy groups -OCH3 is 2. The fourth-order valence-electron chi connectivity index (χ4n) is 3.91. The average molecular weight is 481 g/mol. The lowest BCUT2D eigenvalue weighted by molar-refractivity contribution is -0.688. The molecule has 2 aromatic carbocycles. The zero-order valence-electron chi connectivity index (χ0n) is 19.8. The van der Waals surface area contributed by atoms with Crippen LogP contribution in [-0.4, -0.2) is 45.4 Å². The van der Waals surface area contributed by atoms with E-state index in [0.29, 0.717) is 34.9 Å². The van der Waals surface area contributed by atoms with Crippen molar-refractivity contribution in [2.24, 2.45) is 0 Å². The molecule has 0 saturated carbocycles. The van der Waals surface area contributed by atoms with Crippen molar-refractivity contribution in [2.75, 3.05) is 32.2 Å². The van der Waals surface area contributed by atoms with E-state index in [0.717, 1.165) is 5.56 Å². The molecule has 4 rings (SSSR count). The molecule has 3 aromatic rings. The van der Waals surface area contributed by atoms with Gasteiger partial charge in [-0.2, -0.15) is 0 Å². The van der Waals surface area contributed by atoms with Crippen LogP contribution in [0.4, 0.5) is 14.9 Å². The summed E-state index contributed by atoms with van der Waals surface area (Å²) in [7, 11) is 3.22. The summed E-state index contributed by atoms with van der Waals surface area (Å²) >= 11 is 0. The van der Waals surface area contributed by atoms with Gasteiger partial charge in [-0.05, 0) is 35.9 Å². The minimum absolute atomic E-state index is 0.206. The maximum atomic E-state index is 15.0. The van der Waals surface area contributed by atoms with Gasteiger partial charge in [0.1, 0.15) is 23.4 Å². The number of carbonyl (C=O) groups is 2. The predicted molar refractivity (Wildman–Crippen MR) is 127 cm³/mol. The number of pyridine rings is 1. The Hall–Kier alpha value is -4.14. The monoisotopic (exact) mass is 480 g/mol. The van der Waals surface area contributed by atoms with Crippen LogP contribution in [0.15, 0.2) is 60.9 Å². The maximum Gasteiger partial charge on any atom is 0.414 e. The number of nitrogens with zero attached hydrogens (tertiary/aromatic N) is 2. The molecule has 1 atom stereocenters. The fourth-order valence-corrected chi connectivity index (χ4v) is 3.91. The Balaban J connectivity index is 1.46. The zero-order chi connectivity index (χ0) is 24.9. The van der Waals surface area contributed by atoms with Crippen molar-refractivity contribution >= 4 is 17.7 Å². The molecule has 1 aromatic heterocycles. The minimum atomic E-state index is -0.567. The highest BCUT2D eigenvalue weighted by atomic mass is 19.1. The van der Waals surface area contributed by atoms with Crippen molar-refractivity contribution in [1.82, 2.24) is 5.32 Å². The van der Waals surface area contributed by atoms with Crippen LogP contribution in [0.3, 0.4) is 0 Å². The molecule has 9 heteroatoms. The van der Waals surface area contributed by atoms with Gasteiger partial charge in [-0.3, -0.25) is 9.69 Å². The van der Waals surface area contributed by atoms with Gasteiger partial charge < -0.3 is 19.5 Å². The molecule has 35 heavy (non-hydrogen) atoms. The fraction of sp³-hybridized carbons (Fsp3) is 0.269. The van der Waals surface area contributed by atoms with E-state index in [-0.39, 0.29) is 19.0 Å². The zero-order valence-corrected chi connectivity index (χ0v) is 19.8. The van der Waals surface area contributed by atoms with Gasteiger partial charge in [0.2, 0.25) is 5.91 Å². The Morgan fingerprint density at radius 2 is 1.80 bits per heavy atom. The third-order valence-electron chi connectivity index (χ3n) is 5.70. The van der Waals surface area contributed by atoms with Crippen LogP contribution in [0.25, 0.3) is 11.1 Å². The molecule has 0 spiro atoms. The number of cyclic esters (lactones) is 1.